The molecule has 1 amide bonds. The van der Waals surface area contributed by atoms with E-state index in [2.05, 4.69) is 5.32 Å². The third kappa shape index (κ3) is 2.46. The van der Waals surface area contributed by atoms with Crippen LogP contribution in [0.5, 0.6) is 5.75 Å². The Bertz CT molecular complexity index is 650. The van der Waals surface area contributed by atoms with Crippen molar-refractivity contribution in [1.29, 1.82) is 0 Å². The van der Waals surface area contributed by atoms with Crippen LogP contribution in [0.3, 0.4) is 0 Å². The van der Waals surface area contributed by atoms with Gasteiger partial charge in [-0.3, -0.25) is 14.9 Å². The van der Waals surface area contributed by atoms with Gasteiger partial charge >= 0.3 is 5.69 Å². The Kier molecular flexibility index (Phi) is 3.11. The van der Waals surface area contributed by atoms with Gasteiger partial charge in [-0.2, -0.15) is 0 Å². The predicted molar refractivity (Wildman–Crippen MR) is 83.1 cm³/mol. The van der Waals surface area contributed by atoms with Crippen LogP contribution in [-0.2, 0) is 0 Å². The number of carbonyl (C=O) groups is 1. The first-order chi connectivity index (χ1) is 10.9. The van der Waals surface area contributed by atoms with E-state index >= 15 is 0 Å². The van der Waals surface area contributed by atoms with Crippen LogP contribution in [0.15, 0.2) is 18.2 Å². The summed E-state index contributed by atoms with van der Waals surface area (Å²) in [5, 5.41) is 23.7. The number of phenols is 1. The maximum Gasteiger partial charge on any atom is 0.310 e. The van der Waals surface area contributed by atoms with Crippen LogP contribution in [0.2, 0.25) is 0 Å². The van der Waals surface area contributed by atoms with Crippen molar-refractivity contribution >= 4 is 11.6 Å². The van der Waals surface area contributed by atoms with Crippen LogP contribution in [0.4, 0.5) is 5.69 Å². The standard InChI is InChI=1S/C17H20N2O4/c20-15-6-13(1-2-14(15)19(22)23)16(21)18-17-7-10-3-11(8-17)5-12(4-10)9-17/h1-2,6,10-12,20H,3-5,7-9H2,(H,18,21). The van der Waals surface area contributed by atoms with Crippen molar-refractivity contribution < 1.29 is 14.8 Å². The van der Waals surface area contributed by atoms with E-state index in [1.165, 1.54) is 37.5 Å². The maximum atomic E-state index is 12.6. The second-order valence-electron chi connectivity index (χ2n) is 7.61. The van der Waals surface area contributed by atoms with E-state index in [1.54, 1.807) is 0 Å². The molecule has 0 atom stereocenters. The number of nitrogens with zero attached hydrogens (tertiary/aromatic N) is 1. The molecule has 4 saturated carbocycles. The molecule has 0 aliphatic heterocycles. The fraction of sp³-hybridized carbons (Fsp3) is 0.588. The van der Waals surface area contributed by atoms with Crippen molar-refractivity contribution in [3.63, 3.8) is 0 Å². The van der Waals surface area contributed by atoms with E-state index < -0.39 is 10.7 Å². The number of nitro groups is 1. The predicted octanol–water partition coefficient (Wildman–Crippen LogP) is 3.00. The fourth-order valence-corrected chi connectivity index (χ4v) is 5.40. The molecule has 6 nitrogen and oxygen atoms in total. The molecular formula is C17H20N2O4. The second kappa shape index (κ2) is 4.94. The lowest BCUT2D eigenvalue weighted by molar-refractivity contribution is -0.385. The Morgan fingerprint density at radius 1 is 1.17 bits per heavy atom. The maximum absolute atomic E-state index is 12.6. The Hall–Kier alpha value is -2.11. The van der Waals surface area contributed by atoms with Crippen LogP contribution in [-0.4, -0.2) is 21.5 Å². The van der Waals surface area contributed by atoms with Gasteiger partial charge in [-0.15, -0.1) is 0 Å². The molecule has 0 spiro atoms. The molecule has 122 valence electrons. The molecule has 1 aromatic rings. The van der Waals surface area contributed by atoms with Gasteiger partial charge in [-0.1, -0.05) is 0 Å². The minimum Gasteiger partial charge on any atom is -0.502 e. The van der Waals surface area contributed by atoms with Crippen molar-refractivity contribution in [1.82, 2.24) is 5.32 Å². The molecule has 4 bridgehead atoms. The molecule has 4 aliphatic carbocycles. The van der Waals surface area contributed by atoms with E-state index in [0.717, 1.165) is 37.0 Å². The minimum atomic E-state index is -0.657. The monoisotopic (exact) mass is 316 g/mol. The highest BCUT2D eigenvalue weighted by atomic mass is 16.6. The molecule has 0 saturated heterocycles. The number of carbonyl (C=O) groups excluding carboxylic acids is 1. The lowest BCUT2D eigenvalue weighted by Gasteiger charge is -2.56. The molecule has 6 heteroatoms. The van der Waals surface area contributed by atoms with Crippen molar-refractivity contribution in [2.45, 2.75) is 44.1 Å². The van der Waals surface area contributed by atoms with Crippen LogP contribution < -0.4 is 5.32 Å². The smallest absolute Gasteiger partial charge is 0.310 e. The molecule has 0 heterocycles. The van der Waals surface area contributed by atoms with Crippen LogP contribution in [0, 0.1) is 27.9 Å². The first-order valence-electron chi connectivity index (χ1n) is 8.24. The topological polar surface area (TPSA) is 92.5 Å². The van der Waals surface area contributed by atoms with Crippen LogP contribution >= 0.6 is 0 Å². The highest BCUT2D eigenvalue weighted by Gasteiger charge is 2.51. The number of nitro benzene ring substituents is 1. The van der Waals surface area contributed by atoms with Gasteiger partial charge in [-0.25, -0.2) is 0 Å². The van der Waals surface area contributed by atoms with Gasteiger partial charge in [0.2, 0.25) is 0 Å². The lowest BCUT2D eigenvalue weighted by Crippen LogP contribution is -2.59. The number of hydrogen-bond acceptors (Lipinski definition) is 4. The Labute approximate surface area is 134 Å². The molecule has 2 N–H and O–H groups in total. The second-order valence-corrected chi connectivity index (χ2v) is 7.61. The van der Waals surface area contributed by atoms with Crippen molar-refractivity contribution in [3.05, 3.63) is 33.9 Å². The molecule has 0 radical (unpaired) electrons. The number of rotatable bonds is 3. The van der Waals surface area contributed by atoms with Gasteiger partial charge in [0.25, 0.3) is 5.91 Å². The normalized spacial score (nSPS) is 34.3. The van der Waals surface area contributed by atoms with E-state index in [4.69, 9.17) is 0 Å². The highest BCUT2D eigenvalue weighted by molar-refractivity contribution is 5.95. The molecule has 4 aliphatic rings. The highest BCUT2D eigenvalue weighted by Crippen LogP contribution is 2.55. The number of amides is 1. The zero-order valence-electron chi connectivity index (χ0n) is 12.8. The van der Waals surface area contributed by atoms with Crippen LogP contribution in [0.1, 0.15) is 48.9 Å². The Balaban J connectivity index is 1.54. The molecule has 1 aromatic carbocycles. The van der Waals surface area contributed by atoms with E-state index in [-0.39, 0.29) is 22.7 Å². The number of benzene rings is 1. The first kappa shape index (κ1) is 14.5. The van der Waals surface area contributed by atoms with Gasteiger partial charge in [0, 0.05) is 17.2 Å². The summed E-state index contributed by atoms with van der Waals surface area (Å²) in [5.74, 6) is 1.48. The Morgan fingerprint density at radius 3 is 2.22 bits per heavy atom. The first-order valence-corrected chi connectivity index (χ1v) is 8.24. The van der Waals surface area contributed by atoms with Gasteiger partial charge in [0.1, 0.15) is 0 Å². The number of phenolic OH excluding ortho intramolecular Hbond substituents is 1. The molecule has 4 fully saturated rings. The van der Waals surface area contributed by atoms with Crippen molar-refractivity contribution in [2.75, 3.05) is 0 Å². The largest absolute Gasteiger partial charge is 0.502 e. The van der Waals surface area contributed by atoms with Gasteiger partial charge in [0.05, 0.1) is 4.92 Å². The molecule has 5 rings (SSSR count). The number of aromatic hydroxyl groups is 1. The number of hydrogen-bond donors (Lipinski definition) is 2. The van der Waals surface area contributed by atoms with E-state index in [0.29, 0.717) is 0 Å². The van der Waals surface area contributed by atoms with Crippen molar-refractivity contribution in [2.24, 2.45) is 17.8 Å². The molecular weight excluding hydrogens is 296 g/mol. The summed E-state index contributed by atoms with van der Waals surface area (Å²) < 4.78 is 0. The summed E-state index contributed by atoms with van der Waals surface area (Å²) in [6.07, 6.45) is 7.03. The van der Waals surface area contributed by atoms with E-state index in [1.807, 2.05) is 0 Å². The van der Waals surface area contributed by atoms with Gasteiger partial charge in [-0.05, 0) is 68.4 Å². The SMILES string of the molecule is O=C(NC12CC3CC(CC(C3)C1)C2)c1ccc([N+](=O)[O-])c(O)c1. The van der Waals surface area contributed by atoms with Crippen LogP contribution in [0.25, 0.3) is 0 Å². The molecule has 23 heavy (non-hydrogen) atoms. The minimum absolute atomic E-state index is 0.108. The average molecular weight is 316 g/mol. The Morgan fingerprint density at radius 2 is 1.74 bits per heavy atom. The molecule has 0 aromatic heterocycles. The summed E-state index contributed by atoms with van der Waals surface area (Å²) in [6, 6.07) is 3.78. The van der Waals surface area contributed by atoms with E-state index in [9.17, 15) is 20.0 Å². The van der Waals surface area contributed by atoms with Crippen molar-refractivity contribution in [3.8, 4) is 5.75 Å². The zero-order valence-corrected chi connectivity index (χ0v) is 12.8. The van der Waals surface area contributed by atoms with Gasteiger partial charge < -0.3 is 10.4 Å². The summed E-state index contributed by atoms with van der Waals surface area (Å²) in [7, 11) is 0. The lowest BCUT2D eigenvalue weighted by atomic mass is 9.53. The summed E-state index contributed by atoms with van der Waals surface area (Å²) in [6.45, 7) is 0. The van der Waals surface area contributed by atoms with Gasteiger partial charge in [0.15, 0.2) is 5.75 Å². The number of nitrogens with one attached hydrogen (secondary N) is 1. The fourth-order valence-electron chi connectivity index (χ4n) is 5.40. The zero-order chi connectivity index (χ0) is 16.2. The third-order valence-corrected chi connectivity index (χ3v) is 5.85. The summed E-state index contributed by atoms with van der Waals surface area (Å²) in [4.78, 5) is 22.7. The third-order valence-electron chi connectivity index (χ3n) is 5.85. The average Bonchev–Trinajstić information content (AvgIpc) is 2.44. The summed E-state index contributed by atoms with van der Waals surface area (Å²) in [5.41, 5.74) is -0.205. The quantitative estimate of drug-likeness (QED) is 0.662. The summed E-state index contributed by atoms with van der Waals surface area (Å²) >= 11 is 0. The molecule has 0 unspecified atom stereocenters.